The highest BCUT2D eigenvalue weighted by molar-refractivity contribution is 5.97. The van der Waals surface area contributed by atoms with Crippen LogP contribution in [0.15, 0.2) is 23.0 Å². The number of rotatable bonds is 5. The van der Waals surface area contributed by atoms with Gasteiger partial charge in [-0.15, -0.1) is 0 Å². The number of hydrogen-bond acceptors (Lipinski definition) is 4. The number of nitrogens with zero attached hydrogens (tertiary/aromatic N) is 3. The maximum atomic E-state index is 12.7. The van der Waals surface area contributed by atoms with Crippen LogP contribution in [0.3, 0.4) is 0 Å². The van der Waals surface area contributed by atoms with Crippen molar-refractivity contribution in [1.29, 1.82) is 0 Å². The molecule has 29 heavy (non-hydrogen) atoms. The highest BCUT2D eigenvalue weighted by atomic mass is 16.1. The summed E-state index contributed by atoms with van der Waals surface area (Å²) in [5.74, 6) is 0.752. The lowest BCUT2D eigenvalue weighted by Gasteiger charge is -2.39. The van der Waals surface area contributed by atoms with E-state index in [1.165, 1.54) is 19.3 Å². The molecule has 2 aromatic rings. The third-order valence-corrected chi connectivity index (χ3v) is 6.58. The SMILES string of the molecule is C[C@H]1CCC[C@H](C)N1CCCNC(=O)c1ccc2c(=O)n3c(nc2c1)CCCC3. The third-order valence-electron chi connectivity index (χ3n) is 6.58. The van der Waals surface area contributed by atoms with Crippen molar-refractivity contribution >= 4 is 16.8 Å². The van der Waals surface area contributed by atoms with E-state index in [9.17, 15) is 9.59 Å². The normalized spacial score (nSPS) is 22.4. The Labute approximate surface area is 172 Å². The standard InChI is InChI=1S/C23H32N4O2/c1-16-7-5-8-17(2)26(16)14-6-12-24-22(28)18-10-11-19-20(15-18)25-21-9-3-4-13-27(21)23(19)29/h10-11,15-17H,3-9,12-14H2,1-2H3,(H,24,28)/t16-,17-/m0/s1. The minimum absolute atomic E-state index is 0.0152. The van der Waals surface area contributed by atoms with Crippen LogP contribution in [-0.2, 0) is 13.0 Å². The second-order valence-electron chi connectivity index (χ2n) is 8.65. The molecule has 2 atom stereocenters. The fourth-order valence-corrected chi connectivity index (χ4v) is 4.86. The zero-order valence-electron chi connectivity index (χ0n) is 17.6. The maximum Gasteiger partial charge on any atom is 0.261 e. The fraction of sp³-hybridized carbons (Fsp3) is 0.609. The van der Waals surface area contributed by atoms with Gasteiger partial charge >= 0.3 is 0 Å². The molecular weight excluding hydrogens is 364 g/mol. The van der Waals surface area contributed by atoms with Gasteiger partial charge in [0.2, 0.25) is 0 Å². The van der Waals surface area contributed by atoms with E-state index < -0.39 is 0 Å². The molecule has 1 aromatic carbocycles. The smallest absolute Gasteiger partial charge is 0.261 e. The average molecular weight is 397 g/mol. The van der Waals surface area contributed by atoms with Crippen LogP contribution in [0.25, 0.3) is 10.9 Å². The Kier molecular flexibility index (Phi) is 5.99. The van der Waals surface area contributed by atoms with Gasteiger partial charge in [-0.1, -0.05) is 6.42 Å². The highest BCUT2D eigenvalue weighted by Gasteiger charge is 2.23. The molecule has 1 N–H and O–H groups in total. The first kappa shape index (κ1) is 20.1. The summed E-state index contributed by atoms with van der Waals surface area (Å²) in [6, 6.07) is 6.51. The van der Waals surface area contributed by atoms with Gasteiger partial charge in [-0.2, -0.15) is 0 Å². The Balaban J connectivity index is 1.39. The van der Waals surface area contributed by atoms with Crippen LogP contribution in [0.1, 0.15) is 68.6 Å². The number of likely N-dealkylation sites (tertiary alicyclic amines) is 1. The number of aromatic nitrogens is 2. The molecule has 1 saturated heterocycles. The summed E-state index contributed by atoms with van der Waals surface area (Å²) in [4.78, 5) is 32.5. The van der Waals surface area contributed by atoms with Gasteiger partial charge in [0.25, 0.3) is 11.5 Å². The van der Waals surface area contributed by atoms with Gasteiger partial charge in [-0.05, 0) is 64.2 Å². The number of aryl methyl sites for hydroxylation is 1. The summed E-state index contributed by atoms with van der Waals surface area (Å²) in [5, 5.41) is 3.63. The van der Waals surface area contributed by atoms with Crippen molar-refractivity contribution in [2.24, 2.45) is 0 Å². The second kappa shape index (κ2) is 8.66. The molecule has 0 unspecified atom stereocenters. The molecular formula is C23H32N4O2. The molecule has 1 aromatic heterocycles. The van der Waals surface area contributed by atoms with Crippen LogP contribution in [-0.4, -0.2) is 45.5 Å². The first-order valence-electron chi connectivity index (χ1n) is 11.1. The Hall–Kier alpha value is -2.21. The van der Waals surface area contributed by atoms with E-state index in [1.54, 1.807) is 22.8 Å². The number of nitrogens with one attached hydrogen (secondary N) is 1. The molecule has 0 aliphatic carbocycles. The zero-order valence-corrected chi connectivity index (χ0v) is 17.6. The molecule has 0 bridgehead atoms. The number of fused-ring (bicyclic) bond motifs is 2. The van der Waals surface area contributed by atoms with E-state index in [0.29, 0.717) is 35.1 Å². The fourth-order valence-electron chi connectivity index (χ4n) is 4.86. The second-order valence-corrected chi connectivity index (χ2v) is 8.65. The van der Waals surface area contributed by atoms with E-state index >= 15 is 0 Å². The molecule has 6 nitrogen and oxygen atoms in total. The van der Waals surface area contributed by atoms with Crippen molar-refractivity contribution in [2.75, 3.05) is 13.1 Å². The lowest BCUT2D eigenvalue weighted by atomic mass is 9.97. The summed E-state index contributed by atoms with van der Waals surface area (Å²) in [6.45, 7) is 7.03. The molecule has 4 rings (SSSR count). The topological polar surface area (TPSA) is 67.2 Å². The van der Waals surface area contributed by atoms with Crippen molar-refractivity contribution in [1.82, 2.24) is 19.8 Å². The molecule has 0 radical (unpaired) electrons. The highest BCUT2D eigenvalue weighted by Crippen LogP contribution is 2.22. The van der Waals surface area contributed by atoms with E-state index in [1.807, 2.05) is 0 Å². The summed E-state index contributed by atoms with van der Waals surface area (Å²) < 4.78 is 1.79. The Bertz CT molecular complexity index is 942. The van der Waals surface area contributed by atoms with Crippen LogP contribution < -0.4 is 10.9 Å². The predicted octanol–water partition coefficient (Wildman–Crippen LogP) is 3.12. The van der Waals surface area contributed by atoms with Gasteiger partial charge in [-0.3, -0.25) is 19.1 Å². The molecule has 0 saturated carbocycles. The first-order valence-corrected chi connectivity index (χ1v) is 11.1. The van der Waals surface area contributed by atoms with Gasteiger partial charge < -0.3 is 5.32 Å². The summed E-state index contributed by atoms with van der Waals surface area (Å²) in [7, 11) is 0. The van der Waals surface area contributed by atoms with E-state index in [0.717, 1.165) is 44.6 Å². The maximum absolute atomic E-state index is 12.7. The molecule has 1 amide bonds. The summed E-state index contributed by atoms with van der Waals surface area (Å²) in [5.41, 5.74) is 1.22. The van der Waals surface area contributed by atoms with Gasteiger partial charge in [0, 0.05) is 43.7 Å². The number of hydrogen-bond donors (Lipinski definition) is 1. The van der Waals surface area contributed by atoms with Crippen molar-refractivity contribution in [3.05, 3.63) is 39.9 Å². The van der Waals surface area contributed by atoms with Crippen molar-refractivity contribution < 1.29 is 4.79 Å². The van der Waals surface area contributed by atoms with Crippen LogP contribution >= 0.6 is 0 Å². The van der Waals surface area contributed by atoms with Gasteiger partial charge in [0.05, 0.1) is 10.9 Å². The number of carbonyl (C=O) groups excluding carboxylic acids is 1. The van der Waals surface area contributed by atoms with Crippen molar-refractivity contribution in [3.8, 4) is 0 Å². The van der Waals surface area contributed by atoms with Gasteiger partial charge in [0.15, 0.2) is 0 Å². The molecule has 6 heteroatoms. The number of carbonyl (C=O) groups is 1. The summed E-state index contributed by atoms with van der Waals surface area (Å²) >= 11 is 0. The van der Waals surface area contributed by atoms with Crippen LogP contribution in [0, 0.1) is 0 Å². The minimum atomic E-state index is -0.0914. The Morgan fingerprint density at radius 3 is 2.76 bits per heavy atom. The molecule has 2 aliphatic heterocycles. The molecule has 156 valence electrons. The molecule has 1 fully saturated rings. The van der Waals surface area contributed by atoms with Crippen LogP contribution in [0.4, 0.5) is 0 Å². The number of piperidine rings is 1. The molecule has 2 aliphatic rings. The monoisotopic (exact) mass is 396 g/mol. The van der Waals surface area contributed by atoms with Crippen LogP contribution in [0.5, 0.6) is 0 Å². The summed E-state index contributed by atoms with van der Waals surface area (Å²) in [6.07, 6.45) is 7.71. The lowest BCUT2D eigenvalue weighted by Crippen LogP contribution is -2.44. The average Bonchev–Trinajstić information content (AvgIpc) is 2.72. The van der Waals surface area contributed by atoms with Crippen molar-refractivity contribution in [3.63, 3.8) is 0 Å². The van der Waals surface area contributed by atoms with E-state index in [-0.39, 0.29) is 11.5 Å². The Morgan fingerprint density at radius 2 is 1.97 bits per heavy atom. The third kappa shape index (κ3) is 4.22. The first-order chi connectivity index (χ1) is 14.0. The largest absolute Gasteiger partial charge is 0.352 e. The quantitative estimate of drug-likeness (QED) is 0.789. The molecule has 0 spiro atoms. The van der Waals surface area contributed by atoms with Crippen molar-refractivity contribution in [2.45, 2.75) is 77.4 Å². The van der Waals surface area contributed by atoms with Crippen LogP contribution in [0.2, 0.25) is 0 Å². The van der Waals surface area contributed by atoms with E-state index in [2.05, 4.69) is 29.0 Å². The lowest BCUT2D eigenvalue weighted by molar-refractivity contribution is 0.0925. The minimum Gasteiger partial charge on any atom is -0.352 e. The molecule has 3 heterocycles. The Morgan fingerprint density at radius 1 is 1.17 bits per heavy atom. The predicted molar refractivity (Wildman–Crippen MR) is 115 cm³/mol. The zero-order chi connectivity index (χ0) is 20.4. The van der Waals surface area contributed by atoms with Gasteiger partial charge in [0.1, 0.15) is 5.82 Å². The number of amides is 1. The van der Waals surface area contributed by atoms with Gasteiger partial charge in [-0.25, -0.2) is 4.98 Å². The number of benzene rings is 1. The van der Waals surface area contributed by atoms with E-state index in [4.69, 9.17) is 0 Å².